The van der Waals surface area contributed by atoms with Crippen LogP contribution in [0.15, 0.2) is 156 Å². The Hall–Kier alpha value is -5.73. The van der Waals surface area contributed by atoms with E-state index in [0.29, 0.717) is 0 Å². The van der Waals surface area contributed by atoms with Crippen LogP contribution < -0.4 is 0 Å². The lowest BCUT2D eigenvalue weighted by Crippen LogP contribution is -2.25. The number of hydrogen-bond acceptors (Lipinski definition) is 2. The Morgan fingerprint density at radius 2 is 1.09 bits per heavy atom. The summed E-state index contributed by atoms with van der Waals surface area (Å²) >= 11 is 0. The summed E-state index contributed by atoms with van der Waals surface area (Å²) in [5.41, 5.74) is 14.7. The normalized spacial score (nSPS) is 13.6. The maximum Gasteiger partial charge on any atom is 0.141 e. The minimum absolute atomic E-state index is 0.481. The van der Waals surface area contributed by atoms with Gasteiger partial charge in [-0.2, -0.15) is 0 Å². The van der Waals surface area contributed by atoms with Gasteiger partial charge in [0.2, 0.25) is 0 Å². The SMILES string of the molecule is c1ccc(-c2cc(-c3cccc4c3-c3oc5ccccc5c3C43c4ccccc4-c4ccccc43)c3ccccc3n2)cc1. The molecule has 0 bridgehead atoms. The molecule has 10 rings (SSSR count). The lowest BCUT2D eigenvalue weighted by Gasteiger charge is -2.30. The Balaban J connectivity index is 1.38. The van der Waals surface area contributed by atoms with Crippen LogP contribution in [0, 0.1) is 0 Å². The van der Waals surface area contributed by atoms with Crippen LogP contribution in [-0.4, -0.2) is 4.98 Å². The Bertz CT molecular complexity index is 2400. The van der Waals surface area contributed by atoms with Crippen molar-refractivity contribution < 1.29 is 4.42 Å². The van der Waals surface area contributed by atoms with Crippen LogP contribution in [0.4, 0.5) is 0 Å². The molecule has 2 aromatic heterocycles. The van der Waals surface area contributed by atoms with E-state index in [-0.39, 0.29) is 0 Å². The number of para-hydroxylation sites is 2. The van der Waals surface area contributed by atoms with E-state index in [0.717, 1.165) is 44.6 Å². The molecule has 2 heterocycles. The molecule has 1 spiro atoms. The first kappa shape index (κ1) is 23.8. The molecule has 0 unspecified atom stereocenters. The molecule has 8 aromatic rings. The molecule has 0 N–H and O–H groups in total. The van der Waals surface area contributed by atoms with Crippen LogP contribution in [0.1, 0.15) is 22.3 Å². The number of benzene rings is 6. The molecule has 44 heavy (non-hydrogen) atoms. The number of furan rings is 1. The predicted octanol–water partition coefficient (Wildman–Crippen LogP) is 10.7. The number of fused-ring (bicyclic) bond motifs is 13. The van der Waals surface area contributed by atoms with Crippen molar-refractivity contribution in [1.29, 1.82) is 0 Å². The summed E-state index contributed by atoms with van der Waals surface area (Å²) < 4.78 is 6.93. The summed E-state index contributed by atoms with van der Waals surface area (Å²) in [6.07, 6.45) is 0. The fraction of sp³-hybridized carbons (Fsp3) is 0.0238. The zero-order valence-corrected chi connectivity index (χ0v) is 23.8. The molecular formula is C42H25NO. The van der Waals surface area contributed by atoms with Crippen LogP contribution in [0.25, 0.3) is 66.7 Å². The lowest BCUT2D eigenvalue weighted by atomic mass is 9.70. The summed E-state index contributed by atoms with van der Waals surface area (Å²) in [4.78, 5) is 5.11. The van der Waals surface area contributed by atoms with E-state index in [1.165, 1.54) is 44.3 Å². The lowest BCUT2D eigenvalue weighted by molar-refractivity contribution is 0.629. The highest BCUT2D eigenvalue weighted by Gasteiger charge is 2.54. The van der Waals surface area contributed by atoms with E-state index >= 15 is 0 Å². The van der Waals surface area contributed by atoms with Crippen LogP contribution in [0.5, 0.6) is 0 Å². The third kappa shape index (κ3) is 2.92. The molecule has 204 valence electrons. The van der Waals surface area contributed by atoms with Gasteiger partial charge < -0.3 is 4.42 Å². The van der Waals surface area contributed by atoms with E-state index in [1.54, 1.807) is 0 Å². The third-order valence-electron chi connectivity index (χ3n) is 9.69. The standard InChI is InChI=1S/C42H25NO/c1-2-13-26(14-3-1)37-25-32(29-17-6-10-23-36(29)43-37)30-19-12-22-35-39(30)41-40(31-18-7-11-24-38(31)44-41)42(35)33-20-8-4-15-27(33)28-16-5-9-21-34(28)42/h1-25H. The molecule has 0 radical (unpaired) electrons. The van der Waals surface area contributed by atoms with E-state index < -0.39 is 5.41 Å². The Kier molecular flexibility index (Phi) is 4.68. The summed E-state index contributed by atoms with van der Waals surface area (Å²) in [7, 11) is 0. The monoisotopic (exact) mass is 559 g/mol. The van der Waals surface area contributed by atoms with Gasteiger partial charge in [0.1, 0.15) is 11.3 Å². The van der Waals surface area contributed by atoms with Gasteiger partial charge in [-0.3, -0.25) is 0 Å². The Morgan fingerprint density at radius 1 is 0.477 bits per heavy atom. The molecule has 0 aliphatic heterocycles. The average molecular weight is 560 g/mol. The van der Waals surface area contributed by atoms with Crippen molar-refractivity contribution in [3.8, 4) is 44.8 Å². The van der Waals surface area contributed by atoms with Crippen molar-refractivity contribution in [2.24, 2.45) is 0 Å². The minimum Gasteiger partial charge on any atom is -0.456 e. The number of rotatable bonds is 2. The maximum atomic E-state index is 6.93. The van der Waals surface area contributed by atoms with Crippen molar-refractivity contribution >= 4 is 21.9 Å². The van der Waals surface area contributed by atoms with E-state index in [1.807, 2.05) is 0 Å². The molecule has 2 aliphatic rings. The molecule has 0 fully saturated rings. The van der Waals surface area contributed by atoms with Gasteiger partial charge in [-0.05, 0) is 57.1 Å². The van der Waals surface area contributed by atoms with Gasteiger partial charge >= 0.3 is 0 Å². The largest absolute Gasteiger partial charge is 0.456 e. The molecule has 0 saturated carbocycles. The topological polar surface area (TPSA) is 26.0 Å². The highest BCUT2D eigenvalue weighted by molar-refractivity contribution is 6.08. The molecule has 2 nitrogen and oxygen atoms in total. The zero-order valence-electron chi connectivity index (χ0n) is 23.8. The van der Waals surface area contributed by atoms with Gasteiger partial charge in [0, 0.05) is 27.5 Å². The second kappa shape index (κ2) is 8.65. The van der Waals surface area contributed by atoms with E-state index in [9.17, 15) is 0 Å². The van der Waals surface area contributed by atoms with E-state index in [2.05, 4.69) is 152 Å². The Morgan fingerprint density at radius 3 is 1.89 bits per heavy atom. The summed E-state index contributed by atoms with van der Waals surface area (Å²) in [5, 5.41) is 2.30. The second-order valence-corrected chi connectivity index (χ2v) is 11.8. The zero-order chi connectivity index (χ0) is 28.8. The number of nitrogens with zero attached hydrogens (tertiary/aromatic N) is 1. The fourth-order valence-corrected chi connectivity index (χ4v) is 8.01. The van der Waals surface area contributed by atoms with Gasteiger partial charge in [0.05, 0.1) is 16.6 Å². The first-order chi connectivity index (χ1) is 21.8. The fourth-order valence-electron chi connectivity index (χ4n) is 8.01. The average Bonchev–Trinajstić information content (AvgIpc) is 3.72. The number of hydrogen-bond donors (Lipinski definition) is 0. The number of pyridine rings is 1. The van der Waals surface area contributed by atoms with Crippen LogP contribution in [0.3, 0.4) is 0 Å². The maximum absolute atomic E-state index is 6.93. The molecule has 0 saturated heterocycles. The van der Waals surface area contributed by atoms with Crippen molar-refractivity contribution in [3.63, 3.8) is 0 Å². The number of aromatic nitrogens is 1. The summed E-state index contributed by atoms with van der Waals surface area (Å²) in [6.45, 7) is 0. The highest BCUT2D eigenvalue weighted by Crippen LogP contribution is 2.66. The summed E-state index contributed by atoms with van der Waals surface area (Å²) in [5.74, 6) is 0.963. The Labute approximate surface area is 254 Å². The first-order valence-corrected chi connectivity index (χ1v) is 15.1. The third-order valence-corrected chi connectivity index (χ3v) is 9.69. The van der Waals surface area contributed by atoms with Gasteiger partial charge in [-0.15, -0.1) is 0 Å². The van der Waals surface area contributed by atoms with Crippen molar-refractivity contribution in [2.45, 2.75) is 5.41 Å². The molecule has 6 aromatic carbocycles. The predicted molar refractivity (Wildman–Crippen MR) is 179 cm³/mol. The van der Waals surface area contributed by atoms with Crippen molar-refractivity contribution in [2.75, 3.05) is 0 Å². The van der Waals surface area contributed by atoms with Crippen LogP contribution in [0.2, 0.25) is 0 Å². The highest BCUT2D eigenvalue weighted by atomic mass is 16.3. The molecule has 0 amide bonds. The second-order valence-electron chi connectivity index (χ2n) is 11.8. The van der Waals surface area contributed by atoms with Crippen LogP contribution >= 0.6 is 0 Å². The first-order valence-electron chi connectivity index (χ1n) is 15.1. The minimum atomic E-state index is -0.481. The quantitative estimate of drug-likeness (QED) is 0.211. The van der Waals surface area contributed by atoms with E-state index in [4.69, 9.17) is 9.40 Å². The molecule has 2 aliphatic carbocycles. The smallest absolute Gasteiger partial charge is 0.141 e. The molecule has 0 atom stereocenters. The van der Waals surface area contributed by atoms with Crippen LogP contribution in [-0.2, 0) is 5.41 Å². The van der Waals surface area contributed by atoms with Gasteiger partial charge in [0.25, 0.3) is 0 Å². The van der Waals surface area contributed by atoms with Crippen molar-refractivity contribution in [3.05, 3.63) is 174 Å². The molecule has 2 heteroatoms. The van der Waals surface area contributed by atoms with Gasteiger partial charge in [0.15, 0.2) is 0 Å². The summed E-state index contributed by atoms with van der Waals surface area (Å²) in [6, 6.07) is 54.4. The van der Waals surface area contributed by atoms with Gasteiger partial charge in [-0.1, -0.05) is 133 Å². The van der Waals surface area contributed by atoms with Gasteiger partial charge in [-0.25, -0.2) is 4.98 Å². The molecular weight excluding hydrogens is 534 g/mol. The van der Waals surface area contributed by atoms with Crippen molar-refractivity contribution in [1.82, 2.24) is 4.98 Å².